The molecule has 3 rings (SSSR count). The monoisotopic (exact) mass is 438 g/mol. The van der Waals surface area contributed by atoms with Crippen molar-refractivity contribution in [1.82, 2.24) is 19.1 Å². The molecule has 0 amide bonds. The summed E-state index contributed by atoms with van der Waals surface area (Å²) >= 11 is 3.34. The summed E-state index contributed by atoms with van der Waals surface area (Å²) in [5.41, 5.74) is 0. The fraction of sp³-hybridized carbons (Fsp3) is 0.333. The molecule has 0 saturated carbocycles. The van der Waals surface area contributed by atoms with Gasteiger partial charge in [0, 0.05) is 31.3 Å². The molecule has 0 unspecified atom stereocenters. The minimum Gasteiger partial charge on any atom is -0.493 e. The molecule has 0 spiro atoms. The van der Waals surface area contributed by atoms with Gasteiger partial charge in [-0.15, -0.1) is 21.5 Å². The molecule has 3 aromatic rings. The molecule has 2 heterocycles. The summed E-state index contributed by atoms with van der Waals surface area (Å²) in [6.07, 6.45) is 2.71. The average molecular weight is 439 g/mol. The first kappa shape index (κ1) is 20.8. The van der Waals surface area contributed by atoms with Gasteiger partial charge in [0.25, 0.3) is 0 Å². The van der Waals surface area contributed by atoms with E-state index in [2.05, 4.69) is 27.7 Å². The molecule has 0 fully saturated rings. The van der Waals surface area contributed by atoms with Crippen molar-refractivity contribution in [2.75, 3.05) is 26.5 Å². The normalized spacial score (nSPS) is 11.8. The summed E-state index contributed by atoms with van der Waals surface area (Å²) in [5.74, 6) is 1.35. The number of nitrogens with zero attached hydrogens (tertiary/aromatic N) is 4. The Morgan fingerprint density at radius 2 is 2.00 bits per heavy atom. The first-order valence-electron chi connectivity index (χ1n) is 8.65. The highest BCUT2D eigenvalue weighted by atomic mass is 32.2. The number of thioether (sulfide) groups is 1. The topological polar surface area (TPSA) is 77.3 Å². The molecule has 0 aliphatic heterocycles. The highest BCUT2D eigenvalue weighted by molar-refractivity contribution is 7.99. The van der Waals surface area contributed by atoms with Crippen LogP contribution in [0.1, 0.15) is 4.88 Å². The standard InChI is InChI=1S/C18H22N4O3S3/c1-21(2)28(23,24)17-7-5-15(6-8-17)25-11-13-27-18-20-19-14-22(18)10-9-16-4-3-12-26-16/h3-8,12,14H,9-11,13H2,1-2H3. The van der Waals surface area contributed by atoms with Crippen LogP contribution in [0, 0.1) is 0 Å². The summed E-state index contributed by atoms with van der Waals surface area (Å²) in [4.78, 5) is 1.59. The van der Waals surface area contributed by atoms with Crippen LogP contribution in [-0.4, -0.2) is 53.9 Å². The van der Waals surface area contributed by atoms with E-state index in [4.69, 9.17) is 4.74 Å². The molecule has 2 aromatic heterocycles. The van der Waals surface area contributed by atoms with Crippen LogP contribution in [0.15, 0.2) is 58.2 Å². The van der Waals surface area contributed by atoms with Crippen LogP contribution < -0.4 is 4.74 Å². The second-order valence-corrected chi connectivity index (χ2v) is 10.3. The van der Waals surface area contributed by atoms with Crippen molar-refractivity contribution < 1.29 is 13.2 Å². The smallest absolute Gasteiger partial charge is 0.242 e. The van der Waals surface area contributed by atoms with Gasteiger partial charge >= 0.3 is 0 Å². The van der Waals surface area contributed by atoms with E-state index in [0.29, 0.717) is 12.4 Å². The predicted molar refractivity (Wildman–Crippen MR) is 112 cm³/mol. The Bertz CT molecular complexity index is 968. The number of rotatable bonds is 10. The van der Waals surface area contributed by atoms with E-state index in [1.807, 2.05) is 4.57 Å². The molecule has 0 aliphatic carbocycles. The number of hydrogen-bond acceptors (Lipinski definition) is 7. The quantitative estimate of drug-likeness (QED) is 0.358. The molecule has 0 bridgehead atoms. The number of sulfonamides is 1. The van der Waals surface area contributed by atoms with Crippen LogP contribution in [0.25, 0.3) is 0 Å². The summed E-state index contributed by atoms with van der Waals surface area (Å²) in [6.45, 7) is 1.33. The van der Waals surface area contributed by atoms with E-state index in [1.54, 1.807) is 53.7 Å². The van der Waals surface area contributed by atoms with Crippen molar-refractivity contribution in [3.8, 4) is 5.75 Å². The molecule has 10 heteroatoms. The van der Waals surface area contributed by atoms with Gasteiger partial charge in [-0.2, -0.15) is 0 Å². The fourth-order valence-corrected chi connectivity index (χ4v) is 4.76. The SMILES string of the molecule is CN(C)S(=O)(=O)c1ccc(OCCSc2nncn2CCc2cccs2)cc1. The Labute approximate surface area is 173 Å². The minimum absolute atomic E-state index is 0.248. The number of hydrogen-bond donors (Lipinski definition) is 0. The Kier molecular flexibility index (Phi) is 7.11. The highest BCUT2D eigenvalue weighted by Crippen LogP contribution is 2.20. The molecule has 0 atom stereocenters. The molecular formula is C18H22N4O3S3. The first-order valence-corrected chi connectivity index (χ1v) is 12.0. The van der Waals surface area contributed by atoms with Gasteiger partial charge in [0.2, 0.25) is 10.0 Å². The summed E-state index contributed by atoms with van der Waals surface area (Å²) in [7, 11) is -0.399. The summed E-state index contributed by atoms with van der Waals surface area (Å²) in [6, 6.07) is 10.6. The second-order valence-electron chi connectivity index (χ2n) is 6.09. The van der Waals surface area contributed by atoms with Crippen LogP contribution in [0.2, 0.25) is 0 Å². The minimum atomic E-state index is -3.42. The molecule has 28 heavy (non-hydrogen) atoms. The van der Waals surface area contributed by atoms with Gasteiger partial charge in [0.1, 0.15) is 12.1 Å². The third kappa shape index (κ3) is 5.34. The number of aromatic nitrogens is 3. The van der Waals surface area contributed by atoms with Crippen LogP contribution in [-0.2, 0) is 23.0 Å². The number of ether oxygens (including phenoxy) is 1. The Morgan fingerprint density at radius 3 is 2.68 bits per heavy atom. The molecule has 150 valence electrons. The molecule has 0 N–H and O–H groups in total. The zero-order valence-electron chi connectivity index (χ0n) is 15.7. The van der Waals surface area contributed by atoms with Crippen LogP contribution in [0.5, 0.6) is 5.75 Å². The molecule has 0 saturated heterocycles. The van der Waals surface area contributed by atoms with Gasteiger partial charge in [-0.3, -0.25) is 0 Å². The Balaban J connectivity index is 1.46. The van der Waals surface area contributed by atoms with E-state index < -0.39 is 10.0 Å². The maximum atomic E-state index is 12.1. The lowest BCUT2D eigenvalue weighted by Crippen LogP contribution is -2.22. The maximum absolute atomic E-state index is 12.1. The maximum Gasteiger partial charge on any atom is 0.242 e. The van der Waals surface area contributed by atoms with Crippen molar-refractivity contribution in [2.24, 2.45) is 0 Å². The molecule has 1 aromatic carbocycles. The number of aryl methyl sites for hydroxylation is 2. The highest BCUT2D eigenvalue weighted by Gasteiger charge is 2.16. The lowest BCUT2D eigenvalue weighted by Gasteiger charge is -2.12. The molecule has 0 aliphatic rings. The van der Waals surface area contributed by atoms with Crippen molar-refractivity contribution in [3.05, 3.63) is 53.0 Å². The zero-order chi connectivity index (χ0) is 20.0. The Morgan fingerprint density at radius 1 is 1.21 bits per heavy atom. The van der Waals surface area contributed by atoms with E-state index in [1.165, 1.54) is 23.3 Å². The second kappa shape index (κ2) is 9.55. The van der Waals surface area contributed by atoms with Crippen molar-refractivity contribution in [3.63, 3.8) is 0 Å². The van der Waals surface area contributed by atoms with Gasteiger partial charge in [-0.1, -0.05) is 17.8 Å². The first-order chi connectivity index (χ1) is 13.5. The van der Waals surface area contributed by atoms with E-state index >= 15 is 0 Å². The van der Waals surface area contributed by atoms with Gasteiger partial charge in [-0.25, -0.2) is 12.7 Å². The van der Waals surface area contributed by atoms with Crippen molar-refractivity contribution in [1.29, 1.82) is 0 Å². The van der Waals surface area contributed by atoms with Gasteiger partial charge in [0.15, 0.2) is 5.16 Å². The van der Waals surface area contributed by atoms with Crippen LogP contribution in [0.3, 0.4) is 0 Å². The lowest BCUT2D eigenvalue weighted by atomic mass is 10.3. The third-order valence-electron chi connectivity index (χ3n) is 3.94. The Hall–Kier alpha value is -1.88. The fourth-order valence-electron chi connectivity index (χ4n) is 2.41. The van der Waals surface area contributed by atoms with Gasteiger partial charge in [-0.05, 0) is 42.1 Å². The molecular weight excluding hydrogens is 416 g/mol. The van der Waals surface area contributed by atoms with E-state index in [-0.39, 0.29) is 4.90 Å². The van der Waals surface area contributed by atoms with Crippen LogP contribution >= 0.6 is 23.1 Å². The van der Waals surface area contributed by atoms with E-state index in [0.717, 1.165) is 23.9 Å². The zero-order valence-corrected chi connectivity index (χ0v) is 18.1. The largest absolute Gasteiger partial charge is 0.493 e. The third-order valence-corrected chi connectivity index (χ3v) is 7.66. The van der Waals surface area contributed by atoms with Crippen LogP contribution in [0.4, 0.5) is 0 Å². The predicted octanol–water partition coefficient (Wildman–Crippen LogP) is 3.00. The number of thiophene rings is 1. The van der Waals surface area contributed by atoms with Gasteiger partial charge < -0.3 is 9.30 Å². The lowest BCUT2D eigenvalue weighted by molar-refractivity contribution is 0.343. The summed E-state index contributed by atoms with van der Waals surface area (Å²) < 4.78 is 33.1. The van der Waals surface area contributed by atoms with Crippen molar-refractivity contribution in [2.45, 2.75) is 23.0 Å². The van der Waals surface area contributed by atoms with Crippen molar-refractivity contribution >= 4 is 33.1 Å². The molecule has 0 radical (unpaired) electrons. The summed E-state index contributed by atoms with van der Waals surface area (Å²) in [5, 5.41) is 11.1. The molecule has 7 nitrogen and oxygen atoms in total. The number of benzene rings is 1. The average Bonchev–Trinajstić information content (AvgIpc) is 3.35. The van der Waals surface area contributed by atoms with E-state index in [9.17, 15) is 8.42 Å². The van der Waals surface area contributed by atoms with Gasteiger partial charge in [0.05, 0.1) is 11.5 Å².